The number of hydrogen-bond donors (Lipinski definition) is 1. The summed E-state index contributed by atoms with van der Waals surface area (Å²) >= 11 is 4.58. The number of amidine groups is 1. The Bertz CT molecular complexity index is 1150. The van der Waals surface area contributed by atoms with E-state index in [4.69, 9.17) is 4.74 Å². The molecule has 0 radical (unpaired) electrons. The smallest absolute Gasteiger partial charge is 0.264 e. The van der Waals surface area contributed by atoms with Crippen LogP contribution in [0.2, 0.25) is 0 Å². The van der Waals surface area contributed by atoms with Crippen LogP contribution >= 0.6 is 27.7 Å². The maximum absolute atomic E-state index is 13.8. The van der Waals surface area contributed by atoms with Crippen molar-refractivity contribution in [1.82, 2.24) is 5.32 Å². The number of carbonyl (C=O) groups is 1. The van der Waals surface area contributed by atoms with Crippen molar-refractivity contribution in [2.75, 3.05) is 0 Å². The van der Waals surface area contributed by atoms with Crippen LogP contribution in [0.3, 0.4) is 0 Å². The molecule has 4 rings (SSSR count). The average Bonchev–Trinajstić information content (AvgIpc) is 3.09. The molecule has 3 aromatic carbocycles. The van der Waals surface area contributed by atoms with E-state index in [9.17, 15) is 9.18 Å². The fourth-order valence-electron chi connectivity index (χ4n) is 2.75. The van der Waals surface area contributed by atoms with Crippen molar-refractivity contribution in [3.05, 3.63) is 99.1 Å². The molecule has 1 amide bonds. The van der Waals surface area contributed by atoms with E-state index < -0.39 is 5.82 Å². The van der Waals surface area contributed by atoms with Gasteiger partial charge in [0.1, 0.15) is 23.9 Å². The monoisotopic (exact) mass is 482 g/mol. The molecule has 30 heavy (non-hydrogen) atoms. The van der Waals surface area contributed by atoms with Gasteiger partial charge in [0.2, 0.25) is 0 Å². The molecule has 0 unspecified atom stereocenters. The van der Waals surface area contributed by atoms with E-state index in [0.717, 1.165) is 27.4 Å². The molecule has 1 saturated heterocycles. The molecule has 0 bridgehead atoms. The normalized spacial score (nSPS) is 16.1. The van der Waals surface area contributed by atoms with Gasteiger partial charge in [-0.25, -0.2) is 9.38 Å². The number of thioether (sulfide) groups is 1. The van der Waals surface area contributed by atoms with Gasteiger partial charge in [0.25, 0.3) is 5.91 Å². The summed E-state index contributed by atoms with van der Waals surface area (Å²) in [6.45, 7) is 0.410. The molecule has 0 aliphatic carbocycles. The van der Waals surface area contributed by atoms with E-state index in [2.05, 4.69) is 26.2 Å². The Morgan fingerprint density at radius 2 is 1.77 bits per heavy atom. The van der Waals surface area contributed by atoms with Gasteiger partial charge in [-0.2, -0.15) is 0 Å². The van der Waals surface area contributed by atoms with Crippen molar-refractivity contribution in [2.24, 2.45) is 4.99 Å². The lowest BCUT2D eigenvalue weighted by molar-refractivity contribution is -0.115. The van der Waals surface area contributed by atoms with Crippen LogP contribution in [0, 0.1) is 5.82 Å². The minimum Gasteiger partial charge on any atom is -0.488 e. The van der Waals surface area contributed by atoms with Crippen molar-refractivity contribution in [2.45, 2.75) is 6.61 Å². The SMILES string of the molecule is O=C1NC(=Nc2ccccc2F)S/C1=C\c1ccccc1OCc1ccc(Br)cc1. The fraction of sp³-hybridized carbons (Fsp3) is 0.0435. The first-order chi connectivity index (χ1) is 14.6. The van der Waals surface area contributed by atoms with Crippen LogP contribution < -0.4 is 10.1 Å². The highest BCUT2D eigenvalue weighted by Gasteiger charge is 2.24. The van der Waals surface area contributed by atoms with Crippen LogP contribution in [-0.4, -0.2) is 11.1 Å². The fourth-order valence-corrected chi connectivity index (χ4v) is 3.84. The molecule has 1 aliphatic rings. The number of benzene rings is 3. The molecule has 1 aliphatic heterocycles. The topological polar surface area (TPSA) is 50.7 Å². The van der Waals surface area contributed by atoms with Gasteiger partial charge in [-0.15, -0.1) is 0 Å². The molecule has 3 aromatic rings. The number of amides is 1. The summed E-state index contributed by atoms with van der Waals surface area (Å²) in [4.78, 5) is 17.0. The Morgan fingerprint density at radius 3 is 2.57 bits per heavy atom. The maximum Gasteiger partial charge on any atom is 0.264 e. The summed E-state index contributed by atoms with van der Waals surface area (Å²) in [6, 6.07) is 21.6. The molecule has 0 saturated carbocycles. The van der Waals surface area contributed by atoms with Crippen LogP contribution in [0.25, 0.3) is 6.08 Å². The quantitative estimate of drug-likeness (QED) is 0.449. The number of hydrogen-bond acceptors (Lipinski definition) is 4. The zero-order chi connectivity index (χ0) is 20.9. The van der Waals surface area contributed by atoms with Crippen LogP contribution in [0.1, 0.15) is 11.1 Å². The molecule has 4 nitrogen and oxygen atoms in total. The number of nitrogens with one attached hydrogen (secondary N) is 1. The van der Waals surface area contributed by atoms with E-state index >= 15 is 0 Å². The second-order valence-electron chi connectivity index (χ2n) is 6.39. The minimum absolute atomic E-state index is 0.180. The summed E-state index contributed by atoms with van der Waals surface area (Å²) in [5.41, 5.74) is 1.99. The summed E-state index contributed by atoms with van der Waals surface area (Å²) in [7, 11) is 0. The van der Waals surface area contributed by atoms with Crippen LogP contribution in [0.5, 0.6) is 5.75 Å². The summed E-state index contributed by atoms with van der Waals surface area (Å²) in [5.74, 6) is -0.0532. The molecule has 0 atom stereocenters. The number of halogens is 2. The average molecular weight is 483 g/mol. The Balaban J connectivity index is 1.52. The lowest BCUT2D eigenvalue weighted by atomic mass is 10.2. The van der Waals surface area contributed by atoms with Gasteiger partial charge in [-0.1, -0.05) is 58.4 Å². The number of ether oxygens (including phenoxy) is 1. The van der Waals surface area contributed by atoms with E-state index in [0.29, 0.717) is 22.4 Å². The second-order valence-corrected chi connectivity index (χ2v) is 8.33. The largest absolute Gasteiger partial charge is 0.488 e. The predicted molar refractivity (Wildman–Crippen MR) is 122 cm³/mol. The molecule has 1 heterocycles. The van der Waals surface area contributed by atoms with Crippen LogP contribution in [0.4, 0.5) is 10.1 Å². The maximum atomic E-state index is 13.8. The number of aliphatic imine (C=N–C) groups is 1. The van der Waals surface area contributed by atoms with Crippen molar-refractivity contribution >= 4 is 50.5 Å². The predicted octanol–water partition coefficient (Wildman–Crippen LogP) is 6.06. The molecule has 150 valence electrons. The molecular formula is C23H16BrFN2O2S. The summed E-state index contributed by atoms with van der Waals surface area (Å²) in [5, 5.41) is 3.01. The van der Waals surface area contributed by atoms with Gasteiger partial charge in [-0.05, 0) is 53.7 Å². The molecule has 0 aromatic heterocycles. The molecule has 1 N–H and O–H groups in total. The van der Waals surface area contributed by atoms with Gasteiger partial charge in [0.15, 0.2) is 5.17 Å². The highest BCUT2D eigenvalue weighted by Crippen LogP contribution is 2.31. The number of carbonyl (C=O) groups excluding carboxylic acids is 1. The van der Waals surface area contributed by atoms with Crippen molar-refractivity contribution in [3.8, 4) is 5.75 Å². The Labute approximate surface area is 186 Å². The zero-order valence-electron chi connectivity index (χ0n) is 15.6. The third kappa shape index (κ3) is 4.98. The lowest BCUT2D eigenvalue weighted by Gasteiger charge is -2.09. The van der Waals surface area contributed by atoms with Gasteiger partial charge in [-0.3, -0.25) is 4.79 Å². The summed E-state index contributed by atoms with van der Waals surface area (Å²) in [6.07, 6.45) is 1.75. The zero-order valence-corrected chi connectivity index (χ0v) is 18.0. The van der Waals surface area contributed by atoms with Gasteiger partial charge >= 0.3 is 0 Å². The first-order valence-corrected chi connectivity index (χ1v) is 10.7. The van der Waals surface area contributed by atoms with Crippen molar-refractivity contribution < 1.29 is 13.9 Å². The van der Waals surface area contributed by atoms with Crippen molar-refractivity contribution in [3.63, 3.8) is 0 Å². The minimum atomic E-state index is -0.441. The Kier molecular flexibility index (Phi) is 6.30. The molecule has 7 heteroatoms. The first kappa shape index (κ1) is 20.4. The van der Waals surface area contributed by atoms with Gasteiger partial charge in [0.05, 0.1) is 4.91 Å². The van der Waals surface area contributed by atoms with Gasteiger partial charge < -0.3 is 10.1 Å². The van der Waals surface area contributed by atoms with E-state index in [1.807, 2.05) is 48.5 Å². The highest BCUT2D eigenvalue weighted by atomic mass is 79.9. The number of rotatable bonds is 5. The number of nitrogens with zero attached hydrogens (tertiary/aromatic N) is 1. The van der Waals surface area contributed by atoms with Gasteiger partial charge in [0, 0.05) is 10.0 Å². The summed E-state index contributed by atoms with van der Waals surface area (Å²) < 4.78 is 20.8. The lowest BCUT2D eigenvalue weighted by Crippen LogP contribution is -2.19. The Hall–Kier alpha value is -2.90. The van der Waals surface area contributed by atoms with Crippen molar-refractivity contribution in [1.29, 1.82) is 0 Å². The molecular weight excluding hydrogens is 467 g/mol. The van der Waals surface area contributed by atoms with Crippen LogP contribution in [-0.2, 0) is 11.4 Å². The van der Waals surface area contributed by atoms with E-state index in [1.165, 1.54) is 6.07 Å². The standard InChI is InChI=1S/C23H16BrFN2O2S/c24-17-11-9-15(10-12-17)14-29-20-8-4-1-5-16(20)13-21-22(28)27-23(30-21)26-19-7-3-2-6-18(19)25/h1-13H,14H2,(H,26,27,28)/b21-13-. The third-order valence-electron chi connectivity index (χ3n) is 4.24. The second kappa shape index (κ2) is 9.28. The highest BCUT2D eigenvalue weighted by molar-refractivity contribution is 9.10. The first-order valence-electron chi connectivity index (χ1n) is 9.09. The van der Waals surface area contributed by atoms with E-state index in [1.54, 1.807) is 24.3 Å². The molecule has 0 spiro atoms. The van der Waals surface area contributed by atoms with E-state index in [-0.39, 0.29) is 11.6 Å². The Morgan fingerprint density at radius 1 is 1.03 bits per heavy atom. The third-order valence-corrected chi connectivity index (χ3v) is 5.68. The van der Waals surface area contributed by atoms with Crippen LogP contribution in [0.15, 0.2) is 87.2 Å². The number of para-hydroxylation sites is 2. The molecule has 1 fully saturated rings.